The maximum absolute atomic E-state index is 5.33. The van der Waals surface area contributed by atoms with Gasteiger partial charge in [0.2, 0.25) is 0 Å². The summed E-state index contributed by atoms with van der Waals surface area (Å²) in [6.45, 7) is 15.5. The molecule has 96 valence electrons. The Kier molecular flexibility index (Phi) is 8.36. The van der Waals surface area contributed by atoms with Crippen LogP contribution in [0.5, 0.6) is 0 Å². The molecule has 0 saturated carbocycles. The smallest absolute Gasteiger partial charge is 0.105 e. The van der Waals surface area contributed by atoms with Crippen molar-refractivity contribution in [2.24, 2.45) is 0 Å². The van der Waals surface area contributed by atoms with Gasteiger partial charge in [0.25, 0.3) is 0 Å². The summed E-state index contributed by atoms with van der Waals surface area (Å²) >= 11 is 0. The van der Waals surface area contributed by atoms with Crippen molar-refractivity contribution in [3.05, 3.63) is 12.8 Å². The second-order valence-corrected chi connectivity index (χ2v) is 4.93. The van der Waals surface area contributed by atoms with Crippen LogP contribution in [0.3, 0.4) is 0 Å². The molecule has 0 aliphatic heterocycles. The van der Waals surface area contributed by atoms with E-state index in [0.29, 0.717) is 0 Å². The third-order valence-electron chi connectivity index (χ3n) is 3.07. The molecule has 0 aliphatic carbocycles. The standard InChI is InChI=1S/C14H29NO/c1-6-9-10-11-12-15(7-2)14(4,5)13-16-8-3/h8H,3,6-7,9-13H2,1-2,4-5H3. The Morgan fingerprint density at radius 2 is 1.88 bits per heavy atom. The van der Waals surface area contributed by atoms with Crippen molar-refractivity contribution in [1.29, 1.82) is 0 Å². The van der Waals surface area contributed by atoms with Crippen LogP contribution >= 0.6 is 0 Å². The zero-order chi connectivity index (χ0) is 12.4. The molecule has 0 saturated heterocycles. The van der Waals surface area contributed by atoms with E-state index in [0.717, 1.165) is 13.2 Å². The van der Waals surface area contributed by atoms with Crippen molar-refractivity contribution >= 4 is 0 Å². The average Bonchev–Trinajstić information content (AvgIpc) is 2.26. The fraction of sp³-hybridized carbons (Fsp3) is 0.857. The molecule has 2 heteroatoms. The van der Waals surface area contributed by atoms with Gasteiger partial charge in [0.05, 0.1) is 6.26 Å². The second-order valence-electron chi connectivity index (χ2n) is 4.93. The van der Waals surface area contributed by atoms with E-state index < -0.39 is 0 Å². The van der Waals surface area contributed by atoms with Gasteiger partial charge in [0.15, 0.2) is 0 Å². The van der Waals surface area contributed by atoms with Crippen LogP contribution in [0.2, 0.25) is 0 Å². The van der Waals surface area contributed by atoms with Gasteiger partial charge in [-0.1, -0.05) is 39.7 Å². The fourth-order valence-electron chi connectivity index (χ4n) is 1.97. The summed E-state index contributed by atoms with van der Waals surface area (Å²) < 4.78 is 5.33. The second kappa shape index (κ2) is 8.63. The number of likely N-dealkylation sites (N-methyl/N-ethyl adjacent to an activating group) is 1. The molecule has 0 aromatic heterocycles. The molecule has 0 radical (unpaired) electrons. The van der Waals surface area contributed by atoms with Gasteiger partial charge in [-0.25, -0.2) is 0 Å². The highest BCUT2D eigenvalue weighted by molar-refractivity contribution is 4.81. The van der Waals surface area contributed by atoms with Crippen molar-refractivity contribution in [1.82, 2.24) is 4.90 Å². The number of hydrogen-bond donors (Lipinski definition) is 0. The van der Waals surface area contributed by atoms with Crippen LogP contribution in [-0.2, 0) is 4.74 Å². The Bertz CT molecular complexity index is 178. The van der Waals surface area contributed by atoms with E-state index in [1.165, 1.54) is 38.5 Å². The summed E-state index contributed by atoms with van der Waals surface area (Å²) in [5.41, 5.74) is 0.106. The van der Waals surface area contributed by atoms with Crippen LogP contribution in [0.4, 0.5) is 0 Å². The summed E-state index contributed by atoms with van der Waals surface area (Å²) in [7, 11) is 0. The molecule has 0 atom stereocenters. The van der Waals surface area contributed by atoms with Gasteiger partial charge in [-0.15, -0.1) is 0 Å². The van der Waals surface area contributed by atoms with Crippen LogP contribution in [0, 0.1) is 0 Å². The average molecular weight is 227 g/mol. The van der Waals surface area contributed by atoms with E-state index in [1.807, 2.05) is 0 Å². The lowest BCUT2D eigenvalue weighted by Gasteiger charge is -2.37. The van der Waals surface area contributed by atoms with Crippen LogP contribution in [-0.4, -0.2) is 30.1 Å². The quantitative estimate of drug-likeness (QED) is 0.415. The molecule has 0 amide bonds. The summed E-state index contributed by atoms with van der Waals surface area (Å²) in [6.07, 6.45) is 6.81. The molecule has 0 spiro atoms. The normalized spacial score (nSPS) is 11.8. The first-order chi connectivity index (χ1) is 7.58. The molecule has 0 aromatic rings. The number of unbranched alkanes of at least 4 members (excludes halogenated alkanes) is 3. The highest BCUT2D eigenvalue weighted by Crippen LogP contribution is 2.16. The predicted octanol–water partition coefficient (Wildman–Crippen LogP) is 3.83. The van der Waals surface area contributed by atoms with Crippen molar-refractivity contribution < 1.29 is 4.74 Å². The van der Waals surface area contributed by atoms with Gasteiger partial charge in [0.1, 0.15) is 6.61 Å². The summed E-state index contributed by atoms with van der Waals surface area (Å²) in [6, 6.07) is 0. The monoisotopic (exact) mass is 227 g/mol. The zero-order valence-electron chi connectivity index (χ0n) is 11.6. The molecule has 0 N–H and O–H groups in total. The Labute approximate surface area is 102 Å². The Balaban J connectivity index is 3.98. The van der Waals surface area contributed by atoms with Crippen molar-refractivity contribution in [2.45, 2.75) is 58.9 Å². The van der Waals surface area contributed by atoms with Crippen LogP contribution < -0.4 is 0 Å². The van der Waals surface area contributed by atoms with Gasteiger partial charge in [-0.2, -0.15) is 0 Å². The largest absolute Gasteiger partial charge is 0.500 e. The highest BCUT2D eigenvalue weighted by Gasteiger charge is 2.25. The maximum atomic E-state index is 5.33. The van der Waals surface area contributed by atoms with Crippen LogP contribution in [0.15, 0.2) is 12.8 Å². The molecule has 0 aromatic carbocycles. The van der Waals surface area contributed by atoms with Gasteiger partial charge >= 0.3 is 0 Å². The molecule has 0 heterocycles. The van der Waals surface area contributed by atoms with Crippen LogP contribution in [0.1, 0.15) is 53.4 Å². The van der Waals surface area contributed by atoms with Gasteiger partial charge in [-0.05, 0) is 33.4 Å². The van der Waals surface area contributed by atoms with Crippen molar-refractivity contribution in [3.63, 3.8) is 0 Å². The topological polar surface area (TPSA) is 12.5 Å². The number of ether oxygens (including phenoxy) is 1. The van der Waals surface area contributed by atoms with E-state index in [1.54, 1.807) is 0 Å². The van der Waals surface area contributed by atoms with Gasteiger partial charge < -0.3 is 4.74 Å². The minimum atomic E-state index is 0.106. The van der Waals surface area contributed by atoms with Gasteiger partial charge in [-0.3, -0.25) is 4.90 Å². The number of hydrogen-bond acceptors (Lipinski definition) is 2. The molecular weight excluding hydrogens is 198 g/mol. The molecule has 16 heavy (non-hydrogen) atoms. The molecule has 0 rings (SSSR count). The predicted molar refractivity (Wildman–Crippen MR) is 71.6 cm³/mol. The van der Waals surface area contributed by atoms with Crippen molar-refractivity contribution in [3.8, 4) is 0 Å². The molecule has 0 aliphatic rings. The molecule has 0 bridgehead atoms. The van der Waals surface area contributed by atoms with Crippen molar-refractivity contribution in [2.75, 3.05) is 19.7 Å². The third-order valence-corrected chi connectivity index (χ3v) is 3.07. The first-order valence-electron chi connectivity index (χ1n) is 6.56. The zero-order valence-corrected chi connectivity index (χ0v) is 11.6. The Morgan fingerprint density at radius 1 is 1.19 bits per heavy atom. The summed E-state index contributed by atoms with van der Waals surface area (Å²) in [4.78, 5) is 2.49. The minimum Gasteiger partial charge on any atom is -0.500 e. The molecule has 0 fully saturated rings. The first-order valence-corrected chi connectivity index (χ1v) is 6.56. The van der Waals surface area contributed by atoms with E-state index in [9.17, 15) is 0 Å². The lowest BCUT2D eigenvalue weighted by atomic mass is 10.0. The fourth-order valence-corrected chi connectivity index (χ4v) is 1.97. The third kappa shape index (κ3) is 6.16. The number of rotatable bonds is 10. The SMILES string of the molecule is C=COCC(C)(C)N(CC)CCCCCC. The molecular formula is C14H29NO. The lowest BCUT2D eigenvalue weighted by molar-refractivity contribution is 0.0518. The summed E-state index contributed by atoms with van der Waals surface area (Å²) in [5, 5.41) is 0. The first kappa shape index (κ1) is 15.5. The summed E-state index contributed by atoms with van der Waals surface area (Å²) in [5.74, 6) is 0. The van der Waals surface area contributed by atoms with E-state index in [2.05, 4.69) is 39.2 Å². The van der Waals surface area contributed by atoms with Crippen LogP contribution in [0.25, 0.3) is 0 Å². The Morgan fingerprint density at radius 3 is 2.38 bits per heavy atom. The van der Waals surface area contributed by atoms with E-state index >= 15 is 0 Å². The molecule has 2 nitrogen and oxygen atoms in total. The van der Waals surface area contributed by atoms with E-state index in [-0.39, 0.29) is 5.54 Å². The Hall–Kier alpha value is -0.500. The molecule has 0 unspecified atom stereocenters. The maximum Gasteiger partial charge on any atom is 0.105 e. The minimum absolute atomic E-state index is 0.106. The highest BCUT2D eigenvalue weighted by atomic mass is 16.5. The number of nitrogens with zero attached hydrogens (tertiary/aromatic N) is 1. The van der Waals surface area contributed by atoms with E-state index in [4.69, 9.17) is 4.74 Å². The lowest BCUT2D eigenvalue weighted by Crippen LogP contribution is -2.47. The van der Waals surface area contributed by atoms with Gasteiger partial charge in [0, 0.05) is 5.54 Å².